The maximum Gasteiger partial charge on any atom is 0.242 e. The molecule has 1 aromatic rings. The number of hydrogen-bond donors (Lipinski definition) is 2. The summed E-state index contributed by atoms with van der Waals surface area (Å²) in [4.78, 5) is 11.9. The van der Waals surface area contributed by atoms with Gasteiger partial charge in [-0.25, -0.2) is 0 Å². The van der Waals surface area contributed by atoms with Crippen molar-refractivity contribution in [3.63, 3.8) is 0 Å². The van der Waals surface area contributed by atoms with Gasteiger partial charge in [0.25, 0.3) is 0 Å². The SMILES string of the molecule is Cc1ccc(Br)cc1NC(C)C(=O)NCCC(C)C. The second-order valence-corrected chi connectivity index (χ2v) is 6.21. The highest BCUT2D eigenvalue weighted by molar-refractivity contribution is 9.10. The standard InChI is InChI=1S/C15H23BrN2O/c1-10(2)7-8-17-15(19)12(4)18-14-9-13(16)6-5-11(14)3/h5-6,9-10,12,18H,7-8H2,1-4H3,(H,17,19). The first-order valence-electron chi connectivity index (χ1n) is 6.70. The number of hydrogen-bond acceptors (Lipinski definition) is 2. The highest BCUT2D eigenvalue weighted by atomic mass is 79.9. The number of rotatable bonds is 6. The van der Waals surface area contributed by atoms with Crippen LogP contribution in [0.3, 0.4) is 0 Å². The van der Waals surface area contributed by atoms with Crippen molar-refractivity contribution >= 4 is 27.5 Å². The Bertz CT molecular complexity index is 432. The Morgan fingerprint density at radius 2 is 2.00 bits per heavy atom. The van der Waals surface area contributed by atoms with Gasteiger partial charge in [-0.2, -0.15) is 0 Å². The molecule has 1 atom stereocenters. The van der Waals surface area contributed by atoms with Crippen molar-refractivity contribution in [2.24, 2.45) is 5.92 Å². The van der Waals surface area contributed by atoms with E-state index in [2.05, 4.69) is 40.4 Å². The first-order chi connectivity index (χ1) is 8.90. The Kier molecular flexibility index (Phi) is 6.35. The Morgan fingerprint density at radius 1 is 1.32 bits per heavy atom. The lowest BCUT2D eigenvalue weighted by atomic mass is 10.1. The normalized spacial score (nSPS) is 12.3. The van der Waals surface area contributed by atoms with Crippen LogP contribution in [-0.2, 0) is 4.79 Å². The largest absolute Gasteiger partial charge is 0.374 e. The number of carbonyl (C=O) groups is 1. The van der Waals surface area contributed by atoms with Crippen molar-refractivity contribution in [3.05, 3.63) is 28.2 Å². The lowest BCUT2D eigenvalue weighted by molar-refractivity contribution is -0.121. The molecule has 0 aliphatic rings. The van der Waals surface area contributed by atoms with Gasteiger partial charge < -0.3 is 10.6 Å². The molecule has 0 saturated heterocycles. The van der Waals surface area contributed by atoms with Crippen LogP contribution in [0.5, 0.6) is 0 Å². The van der Waals surface area contributed by atoms with Crippen LogP contribution in [0.25, 0.3) is 0 Å². The van der Waals surface area contributed by atoms with Gasteiger partial charge in [-0.3, -0.25) is 4.79 Å². The van der Waals surface area contributed by atoms with Gasteiger partial charge in [0.15, 0.2) is 0 Å². The molecule has 106 valence electrons. The summed E-state index contributed by atoms with van der Waals surface area (Å²) in [5.41, 5.74) is 2.12. The number of nitrogens with one attached hydrogen (secondary N) is 2. The lowest BCUT2D eigenvalue weighted by Crippen LogP contribution is -2.38. The van der Waals surface area contributed by atoms with Crippen LogP contribution < -0.4 is 10.6 Å². The summed E-state index contributed by atoms with van der Waals surface area (Å²) in [7, 11) is 0. The summed E-state index contributed by atoms with van der Waals surface area (Å²) in [6.07, 6.45) is 1.01. The first-order valence-corrected chi connectivity index (χ1v) is 7.50. The van der Waals surface area contributed by atoms with Crippen LogP contribution in [0.1, 0.15) is 32.8 Å². The Morgan fingerprint density at radius 3 is 2.63 bits per heavy atom. The molecule has 0 radical (unpaired) electrons. The van der Waals surface area contributed by atoms with Crippen molar-refractivity contribution in [1.29, 1.82) is 0 Å². The number of amides is 1. The minimum Gasteiger partial charge on any atom is -0.374 e. The van der Waals surface area contributed by atoms with E-state index < -0.39 is 0 Å². The fourth-order valence-electron chi connectivity index (χ4n) is 1.69. The van der Waals surface area contributed by atoms with Crippen molar-refractivity contribution in [2.45, 2.75) is 40.2 Å². The summed E-state index contributed by atoms with van der Waals surface area (Å²) in [6, 6.07) is 5.77. The molecule has 1 rings (SSSR count). The first kappa shape index (κ1) is 16.0. The molecule has 1 unspecified atom stereocenters. The molecule has 0 heterocycles. The van der Waals surface area contributed by atoms with E-state index >= 15 is 0 Å². The Labute approximate surface area is 124 Å². The maximum atomic E-state index is 11.9. The molecule has 0 bridgehead atoms. The van der Waals surface area contributed by atoms with Crippen LogP contribution in [0.2, 0.25) is 0 Å². The third kappa shape index (κ3) is 5.64. The van der Waals surface area contributed by atoms with E-state index in [1.165, 1.54) is 0 Å². The molecule has 19 heavy (non-hydrogen) atoms. The molecule has 0 aromatic heterocycles. The van der Waals surface area contributed by atoms with Gasteiger partial charge in [-0.1, -0.05) is 35.8 Å². The molecular weight excluding hydrogens is 304 g/mol. The van der Waals surface area contributed by atoms with E-state index in [0.29, 0.717) is 5.92 Å². The highest BCUT2D eigenvalue weighted by Crippen LogP contribution is 2.21. The second-order valence-electron chi connectivity index (χ2n) is 5.30. The minimum absolute atomic E-state index is 0.0417. The molecule has 0 aliphatic carbocycles. The average molecular weight is 327 g/mol. The van der Waals surface area contributed by atoms with Crippen LogP contribution >= 0.6 is 15.9 Å². The summed E-state index contributed by atoms with van der Waals surface area (Å²) >= 11 is 3.44. The van der Waals surface area contributed by atoms with Crippen molar-refractivity contribution in [2.75, 3.05) is 11.9 Å². The second kappa shape index (κ2) is 7.53. The predicted octanol–water partition coefficient (Wildman–Crippen LogP) is 3.72. The fraction of sp³-hybridized carbons (Fsp3) is 0.533. The molecule has 4 heteroatoms. The third-order valence-corrected chi connectivity index (χ3v) is 3.48. The van der Waals surface area contributed by atoms with E-state index in [1.807, 2.05) is 32.0 Å². The van der Waals surface area contributed by atoms with Crippen LogP contribution in [-0.4, -0.2) is 18.5 Å². The quantitative estimate of drug-likeness (QED) is 0.836. The fourth-order valence-corrected chi connectivity index (χ4v) is 2.05. The third-order valence-electron chi connectivity index (χ3n) is 2.99. The monoisotopic (exact) mass is 326 g/mol. The van der Waals surface area contributed by atoms with Gasteiger partial charge in [0.05, 0.1) is 0 Å². The molecule has 0 spiro atoms. The van der Waals surface area contributed by atoms with Crippen LogP contribution in [0, 0.1) is 12.8 Å². The Balaban J connectivity index is 2.51. The van der Waals surface area contributed by atoms with Gasteiger partial charge in [-0.15, -0.1) is 0 Å². The van der Waals surface area contributed by atoms with Crippen molar-refractivity contribution < 1.29 is 4.79 Å². The molecule has 1 amide bonds. The highest BCUT2D eigenvalue weighted by Gasteiger charge is 2.13. The number of anilines is 1. The number of halogens is 1. The smallest absolute Gasteiger partial charge is 0.242 e. The molecule has 0 aliphatic heterocycles. The summed E-state index contributed by atoms with van der Waals surface area (Å²) < 4.78 is 1.01. The van der Waals surface area contributed by atoms with E-state index in [9.17, 15) is 4.79 Å². The van der Waals surface area contributed by atoms with Gasteiger partial charge >= 0.3 is 0 Å². The summed E-state index contributed by atoms with van der Waals surface area (Å²) in [5, 5.41) is 6.20. The summed E-state index contributed by atoms with van der Waals surface area (Å²) in [6.45, 7) is 8.95. The van der Waals surface area contributed by atoms with Crippen molar-refractivity contribution in [3.8, 4) is 0 Å². The zero-order chi connectivity index (χ0) is 14.4. The molecule has 0 fully saturated rings. The number of aryl methyl sites for hydroxylation is 1. The molecular formula is C15H23BrN2O. The zero-order valence-electron chi connectivity index (χ0n) is 12.1. The van der Waals surface area contributed by atoms with Gasteiger partial charge in [0.1, 0.15) is 6.04 Å². The minimum atomic E-state index is -0.236. The van der Waals surface area contributed by atoms with E-state index in [4.69, 9.17) is 0 Å². The van der Waals surface area contributed by atoms with Crippen molar-refractivity contribution in [1.82, 2.24) is 5.32 Å². The molecule has 1 aromatic carbocycles. The van der Waals surface area contributed by atoms with Gasteiger partial charge in [0, 0.05) is 16.7 Å². The molecule has 2 N–H and O–H groups in total. The number of carbonyl (C=O) groups excluding carboxylic acids is 1. The van der Waals surface area contributed by atoms with Crippen LogP contribution in [0.15, 0.2) is 22.7 Å². The number of benzene rings is 1. The lowest BCUT2D eigenvalue weighted by Gasteiger charge is -2.17. The van der Waals surface area contributed by atoms with Gasteiger partial charge in [-0.05, 0) is 43.9 Å². The van der Waals surface area contributed by atoms with Gasteiger partial charge in [0.2, 0.25) is 5.91 Å². The Hall–Kier alpha value is -1.03. The average Bonchev–Trinajstić information content (AvgIpc) is 2.33. The maximum absolute atomic E-state index is 11.9. The predicted molar refractivity (Wildman–Crippen MR) is 84.4 cm³/mol. The molecule has 3 nitrogen and oxygen atoms in total. The topological polar surface area (TPSA) is 41.1 Å². The zero-order valence-corrected chi connectivity index (χ0v) is 13.7. The van der Waals surface area contributed by atoms with E-state index in [0.717, 1.165) is 28.7 Å². The molecule has 0 saturated carbocycles. The van der Waals surface area contributed by atoms with E-state index in [-0.39, 0.29) is 11.9 Å². The summed E-state index contributed by atoms with van der Waals surface area (Å²) in [5.74, 6) is 0.649. The van der Waals surface area contributed by atoms with E-state index in [1.54, 1.807) is 0 Å². The van der Waals surface area contributed by atoms with Crippen LogP contribution in [0.4, 0.5) is 5.69 Å².